The zero-order valence-corrected chi connectivity index (χ0v) is 8.73. The molecule has 0 bridgehead atoms. The molecule has 2 nitrogen and oxygen atoms in total. The predicted octanol–water partition coefficient (Wildman–Crippen LogP) is 3.15. The summed E-state index contributed by atoms with van der Waals surface area (Å²) in [6, 6.07) is 14.0. The van der Waals surface area contributed by atoms with Gasteiger partial charge in [0.15, 0.2) is 0 Å². The SMILES string of the molecule is O=Cc1ccc2c(c1)Cc1ccccc1N2. The van der Waals surface area contributed by atoms with Gasteiger partial charge in [-0.2, -0.15) is 0 Å². The fraction of sp³-hybridized carbons (Fsp3) is 0.0714. The maximum absolute atomic E-state index is 10.7. The van der Waals surface area contributed by atoms with Gasteiger partial charge in [-0.05, 0) is 35.4 Å². The molecule has 0 spiro atoms. The molecule has 2 aromatic carbocycles. The molecule has 2 heteroatoms. The smallest absolute Gasteiger partial charge is 0.150 e. The van der Waals surface area contributed by atoms with Gasteiger partial charge in [-0.3, -0.25) is 4.79 Å². The number of hydrogen-bond acceptors (Lipinski definition) is 2. The van der Waals surface area contributed by atoms with Crippen molar-refractivity contribution in [3.63, 3.8) is 0 Å². The number of carbonyl (C=O) groups is 1. The second-order valence-electron chi connectivity index (χ2n) is 3.99. The van der Waals surface area contributed by atoms with E-state index in [0.717, 1.165) is 29.6 Å². The molecule has 3 rings (SSSR count). The third-order valence-corrected chi connectivity index (χ3v) is 2.93. The third-order valence-electron chi connectivity index (χ3n) is 2.93. The monoisotopic (exact) mass is 209 g/mol. The summed E-state index contributed by atoms with van der Waals surface area (Å²) in [4.78, 5) is 10.7. The van der Waals surface area contributed by atoms with E-state index in [1.807, 2.05) is 30.3 Å². The molecule has 0 fully saturated rings. The van der Waals surface area contributed by atoms with Crippen LogP contribution in [0.5, 0.6) is 0 Å². The molecule has 16 heavy (non-hydrogen) atoms. The summed E-state index contributed by atoms with van der Waals surface area (Å²) in [5, 5.41) is 3.38. The zero-order chi connectivity index (χ0) is 11.0. The van der Waals surface area contributed by atoms with E-state index in [-0.39, 0.29) is 0 Å². The van der Waals surface area contributed by atoms with Crippen molar-refractivity contribution in [2.24, 2.45) is 0 Å². The standard InChI is InChI=1S/C14H11NO/c16-9-10-5-6-14-12(7-10)8-11-3-1-2-4-13(11)15-14/h1-7,9,15H,8H2. The number of anilines is 2. The number of para-hydroxylation sites is 1. The Kier molecular flexibility index (Phi) is 2.00. The normalized spacial score (nSPS) is 12.2. The molecule has 0 atom stereocenters. The molecule has 0 amide bonds. The van der Waals surface area contributed by atoms with Crippen LogP contribution in [0, 0.1) is 0 Å². The van der Waals surface area contributed by atoms with Gasteiger partial charge in [0.25, 0.3) is 0 Å². The molecule has 1 heterocycles. The molecule has 0 saturated heterocycles. The van der Waals surface area contributed by atoms with Crippen molar-refractivity contribution in [3.8, 4) is 0 Å². The number of benzene rings is 2. The first-order valence-electron chi connectivity index (χ1n) is 5.30. The summed E-state index contributed by atoms with van der Waals surface area (Å²) in [5.74, 6) is 0. The average molecular weight is 209 g/mol. The Labute approximate surface area is 93.9 Å². The van der Waals surface area contributed by atoms with Crippen LogP contribution in [0.2, 0.25) is 0 Å². The Morgan fingerprint density at radius 2 is 1.81 bits per heavy atom. The third kappa shape index (κ3) is 1.39. The Morgan fingerprint density at radius 3 is 2.69 bits per heavy atom. The molecule has 1 aliphatic heterocycles. The summed E-state index contributed by atoms with van der Waals surface area (Å²) in [6.07, 6.45) is 1.78. The first-order chi connectivity index (χ1) is 7.86. The van der Waals surface area contributed by atoms with Crippen LogP contribution >= 0.6 is 0 Å². The number of hydrogen-bond donors (Lipinski definition) is 1. The van der Waals surface area contributed by atoms with Crippen molar-refractivity contribution in [3.05, 3.63) is 59.2 Å². The Morgan fingerprint density at radius 1 is 1.00 bits per heavy atom. The second kappa shape index (κ2) is 3.49. The van der Waals surface area contributed by atoms with Crippen LogP contribution in [0.1, 0.15) is 21.5 Å². The van der Waals surface area contributed by atoms with Gasteiger partial charge in [-0.15, -0.1) is 0 Å². The maximum atomic E-state index is 10.7. The lowest BCUT2D eigenvalue weighted by atomic mass is 9.96. The fourth-order valence-corrected chi connectivity index (χ4v) is 2.10. The van der Waals surface area contributed by atoms with Gasteiger partial charge in [-0.25, -0.2) is 0 Å². The first-order valence-corrected chi connectivity index (χ1v) is 5.30. The molecule has 0 unspecified atom stereocenters. The summed E-state index contributed by atoms with van der Waals surface area (Å²) in [5.41, 5.74) is 5.46. The molecule has 1 N–H and O–H groups in total. The van der Waals surface area contributed by atoms with E-state index in [4.69, 9.17) is 0 Å². The van der Waals surface area contributed by atoms with E-state index in [9.17, 15) is 4.79 Å². The lowest BCUT2D eigenvalue weighted by Crippen LogP contribution is -2.06. The highest BCUT2D eigenvalue weighted by atomic mass is 16.1. The highest BCUT2D eigenvalue weighted by molar-refractivity contribution is 5.79. The number of fused-ring (bicyclic) bond motifs is 2. The Bertz CT molecular complexity index is 560. The van der Waals surface area contributed by atoms with Gasteiger partial charge >= 0.3 is 0 Å². The molecule has 78 valence electrons. The number of carbonyl (C=O) groups excluding carboxylic acids is 1. The zero-order valence-electron chi connectivity index (χ0n) is 8.73. The number of aldehydes is 1. The minimum atomic E-state index is 0.736. The second-order valence-corrected chi connectivity index (χ2v) is 3.99. The molecule has 0 aliphatic carbocycles. The highest BCUT2D eigenvalue weighted by Gasteiger charge is 2.13. The quantitative estimate of drug-likeness (QED) is 0.624. The summed E-state index contributed by atoms with van der Waals surface area (Å²) < 4.78 is 0. The van der Waals surface area contributed by atoms with E-state index in [0.29, 0.717) is 0 Å². The van der Waals surface area contributed by atoms with Crippen molar-refractivity contribution in [1.82, 2.24) is 0 Å². The van der Waals surface area contributed by atoms with E-state index >= 15 is 0 Å². The average Bonchev–Trinajstić information content (AvgIpc) is 2.35. The van der Waals surface area contributed by atoms with Gasteiger partial charge in [0.1, 0.15) is 6.29 Å². The van der Waals surface area contributed by atoms with Crippen molar-refractivity contribution < 1.29 is 4.79 Å². The largest absolute Gasteiger partial charge is 0.355 e. The van der Waals surface area contributed by atoms with Crippen LogP contribution in [-0.2, 0) is 6.42 Å². The van der Waals surface area contributed by atoms with Crippen LogP contribution in [0.25, 0.3) is 0 Å². The van der Waals surface area contributed by atoms with E-state index in [2.05, 4.69) is 17.4 Å². The summed E-state index contributed by atoms with van der Waals surface area (Å²) in [6.45, 7) is 0. The van der Waals surface area contributed by atoms with Crippen LogP contribution in [0.3, 0.4) is 0 Å². The number of nitrogens with one attached hydrogen (secondary N) is 1. The molecular formula is C14H11NO. The van der Waals surface area contributed by atoms with Crippen LogP contribution in [-0.4, -0.2) is 6.29 Å². The van der Waals surface area contributed by atoms with Gasteiger partial charge in [-0.1, -0.05) is 18.2 Å². The molecule has 2 aromatic rings. The Balaban J connectivity index is 2.08. The van der Waals surface area contributed by atoms with Gasteiger partial charge < -0.3 is 5.32 Å². The minimum absolute atomic E-state index is 0.736. The van der Waals surface area contributed by atoms with Crippen LogP contribution in [0.4, 0.5) is 11.4 Å². The van der Waals surface area contributed by atoms with Crippen LogP contribution in [0.15, 0.2) is 42.5 Å². The van der Waals surface area contributed by atoms with Crippen molar-refractivity contribution in [2.75, 3.05) is 5.32 Å². The minimum Gasteiger partial charge on any atom is -0.355 e. The lowest BCUT2D eigenvalue weighted by Gasteiger charge is -2.21. The van der Waals surface area contributed by atoms with Gasteiger partial charge in [0.2, 0.25) is 0 Å². The topological polar surface area (TPSA) is 29.1 Å². The molecule has 0 radical (unpaired) electrons. The van der Waals surface area contributed by atoms with Crippen molar-refractivity contribution >= 4 is 17.7 Å². The van der Waals surface area contributed by atoms with E-state index in [1.165, 1.54) is 11.1 Å². The molecule has 0 aromatic heterocycles. The summed E-state index contributed by atoms with van der Waals surface area (Å²) in [7, 11) is 0. The first kappa shape index (κ1) is 9.16. The van der Waals surface area contributed by atoms with E-state index < -0.39 is 0 Å². The van der Waals surface area contributed by atoms with Gasteiger partial charge in [0.05, 0.1) is 0 Å². The van der Waals surface area contributed by atoms with Gasteiger partial charge in [0, 0.05) is 23.4 Å². The van der Waals surface area contributed by atoms with Crippen molar-refractivity contribution in [2.45, 2.75) is 6.42 Å². The Hall–Kier alpha value is -2.09. The van der Waals surface area contributed by atoms with E-state index in [1.54, 1.807) is 0 Å². The predicted molar refractivity (Wildman–Crippen MR) is 64.4 cm³/mol. The van der Waals surface area contributed by atoms with Crippen LogP contribution < -0.4 is 5.32 Å². The summed E-state index contributed by atoms with van der Waals surface area (Å²) >= 11 is 0. The van der Waals surface area contributed by atoms with Crippen molar-refractivity contribution in [1.29, 1.82) is 0 Å². The maximum Gasteiger partial charge on any atom is 0.150 e. The molecular weight excluding hydrogens is 198 g/mol. The fourth-order valence-electron chi connectivity index (χ4n) is 2.10. The molecule has 0 saturated carbocycles. The highest BCUT2D eigenvalue weighted by Crippen LogP contribution is 2.32. The number of rotatable bonds is 1. The molecule has 1 aliphatic rings. The lowest BCUT2D eigenvalue weighted by molar-refractivity contribution is 0.112.